The number of sulfonamides is 1. The number of aromatic nitrogens is 1. The van der Waals surface area contributed by atoms with Crippen LogP contribution in [0.2, 0.25) is 5.02 Å². The first-order valence-corrected chi connectivity index (χ1v) is 12.7. The fourth-order valence-corrected chi connectivity index (χ4v) is 5.52. The van der Waals surface area contributed by atoms with E-state index in [9.17, 15) is 12.8 Å². The average molecular weight is 533 g/mol. The Bertz CT molecular complexity index is 1110. The van der Waals surface area contributed by atoms with Crippen LogP contribution >= 0.6 is 38.9 Å². The molecule has 10 heteroatoms. The Balaban J connectivity index is 1.72. The van der Waals surface area contributed by atoms with Gasteiger partial charge in [-0.2, -0.15) is 0 Å². The van der Waals surface area contributed by atoms with E-state index in [1.165, 1.54) is 11.8 Å². The lowest BCUT2D eigenvalue weighted by atomic mass is 9.97. The van der Waals surface area contributed by atoms with E-state index in [1.54, 1.807) is 5.38 Å². The minimum Gasteiger partial charge on any atom is -0.383 e. The summed E-state index contributed by atoms with van der Waals surface area (Å²) in [7, 11) is -4.13. The van der Waals surface area contributed by atoms with E-state index in [-0.39, 0.29) is 16.1 Å². The number of anilines is 2. The quantitative estimate of drug-likeness (QED) is 0.345. The van der Waals surface area contributed by atoms with Gasteiger partial charge in [-0.25, -0.2) is 17.8 Å². The van der Waals surface area contributed by atoms with E-state index in [0.717, 1.165) is 40.8 Å². The average Bonchev–Trinajstić information content (AvgIpc) is 3.20. The maximum Gasteiger partial charge on any atom is 0.266 e. The Kier molecular flexibility index (Phi) is 7.73. The molecule has 1 aromatic heterocycles. The van der Waals surface area contributed by atoms with Gasteiger partial charge in [-0.05, 0) is 36.1 Å². The van der Waals surface area contributed by atoms with Crippen LogP contribution in [-0.4, -0.2) is 19.9 Å². The van der Waals surface area contributed by atoms with Gasteiger partial charge in [-0.1, -0.05) is 59.1 Å². The van der Waals surface area contributed by atoms with E-state index >= 15 is 0 Å². The molecule has 0 saturated heterocycles. The summed E-state index contributed by atoms with van der Waals surface area (Å²) in [6, 6.07) is 10.3. The lowest BCUT2D eigenvalue weighted by Crippen LogP contribution is -2.18. The molecule has 0 bridgehead atoms. The first kappa shape index (κ1) is 23.0. The van der Waals surface area contributed by atoms with E-state index in [1.807, 2.05) is 18.2 Å². The van der Waals surface area contributed by atoms with Gasteiger partial charge in [-0.15, -0.1) is 11.3 Å². The molecule has 0 fully saturated rings. The fourth-order valence-electron chi connectivity index (χ4n) is 2.90. The van der Waals surface area contributed by atoms with Gasteiger partial charge in [0, 0.05) is 22.6 Å². The summed E-state index contributed by atoms with van der Waals surface area (Å²) in [5, 5.41) is 5.06. The van der Waals surface area contributed by atoms with Gasteiger partial charge in [0.25, 0.3) is 10.0 Å². The molecule has 0 amide bonds. The lowest BCUT2D eigenvalue weighted by Gasteiger charge is -2.18. The first-order valence-electron chi connectivity index (χ1n) is 9.18. The van der Waals surface area contributed by atoms with Crippen molar-refractivity contribution in [3.63, 3.8) is 0 Å². The zero-order valence-electron chi connectivity index (χ0n) is 16.0. The van der Waals surface area contributed by atoms with Crippen molar-refractivity contribution < 1.29 is 12.8 Å². The maximum absolute atomic E-state index is 14.6. The van der Waals surface area contributed by atoms with Gasteiger partial charge in [-0.3, -0.25) is 4.72 Å². The number of hydrogen-bond acceptors (Lipinski definition) is 5. The first-order chi connectivity index (χ1) is 14.3. The summed E-state index contributed by atoms with van der Waals surface area (Å²) in [5.74, 6) is -0.595. The van der Waals surface area contributed by atoms with E-state index in [0.29, 0.717) is 12.2 Å². The van der Waals surface area contributed by atoms with Crippen LogP contribution in [0.4, 0.5) is 15.2 Å². The Labute approximate surface area is 192 Å². The van der Waals surface area contributed by atoms with Crippen LogP contribution < -0.4 is 10.0 Å². The highest BCUT2D eigenvalue weighted by atomic mass is 79.9. The van der Waals surface area contributed by atoms with E-state index in [4.69, 9.17) is 11.6 Å². The molecule has 0 unspecified atom stereocenters. The predicted octanol–water partition coefficient (Wildman–Crippen LogP) is 6.18. The summed E-state index contributed by atoms with van der Waals surface area (Å²) in [5.41, 5.74) is 1.55. The van der Waals surface area contributed by atoms with Crippen LogP contribution in [-0.2, 0) is 16.4 Å². The number of hydrogen-bond donors (Lipinski definition) is 2. The van der Waals surface area contributed by atoms with Gasteiger partial charge < -0.3 is 5.32 Å². The molecule has 2 N–H and O–H groups in total. The second kappa shape index (κ2) is 10.1. The second-order valence-corrected chi connectivity index (χ2v) is 10.5. The van der Waals surface area contributed by atoms with Crippen molar-refractivity contribution in [3.05, 3.63) is 68.9 Å². The third-order valence-corrected chi connectivity index (χ3v) is 7.85. The molecule has 5 nitrogen and oxygen atoms in total. The molecule has 0 spiro atoms. The van der Waals surface area contributed by atoms with Crippen molar-refractivity contribution in [1.29, 1.82) is 0 Å². The second-order valence-electron chi connectivity index (χ2n) is 6.66. The largest absolute Gasteiger partial charge is 0.383 e. The van der Waals surface area contributed by atoms with Crippen LogP contribution in [0.3, 0.4) is 0 Å². The highest BCUT2D eigenvalue weighted by Crippen LogP contribution is 2.30. The number of rotatable bonds is 9. The van der Waals surface area contributed by atoms with Gasteiger partial charge >= 0.3 is 0 Å². The van der Waals surface area contributed by atoms with Crippen molar-refractivity contribution in [3.8, 4) is 0 Å². The van der Waals surface area contributed by atoms with Crippen molar-refractivity contribution in [1.82, 2.24) is 4.98 Å². The molecule has 0 aliphatic rings. The molecule has 1 atom stereocenters. The third kappa shape index (κ3) is 5.72. The summed E-state index contributed by atoms with van der Waals surface area (Å²) < 4.78 is 42.8. The predicted molar refractivity (Wildman–Crippen MR) is 124 cm³/mol. The Morgan fingerprint density at radius 1 is 1.30 bits per heavy atom. The number of nitrogens with zero attached hydrogens (tertiary/aromatic N) is 1. The van der Waals surface area contributed by atoms with Crippen LogP contribution in [0.15, 0.2) is 57.3 Å². The minimum atomic E-state index is -4.13. The Morgan fingerprint density at radius 2 is 2.07 bits per heavy atom. The van der Waals surface area contributed by atoms with Crippen LogP contribution in [0.1, 0.15) is 18.9 Å². The molecule has 0 saturated carbocycles. The smallest absolute Gasteiger partial charge is 0.266 e. The minimum absolute atomic E-state index is 0.131. The van der Waals surface area contributed by atoms with Gasteiger partial charge in [0.1, 0.15) is 10.7 Å². The van der Waals surface area contributed by atoms with E-state index < -0.39 is 20.7 Å². The van der Waals surface area contributed by atoms with Crippen LogP contribution in [0, 0.1) is 11.7 Å². The topological polar surface area (TPSA) is 71.1 Å². The van der Waals surface area contributed by atoms with Crippen molar-refractivity contribution in [2.75, 3.05) is 16.6 Å². The monoisotopic (exact) mass is 531 g/mol. The zero-order valence-corrected chi connectivity index (χ0v) is 20.0. The highest BCUT2D eigenvalue weighted by Gasteiger charge is 2.22. The third-order valence-electron chi connectivity index (χ3n) is 4.59. The molecule has 0 aliphatic heterocycles. The summed E-state index contributed by atoms with van der Waals surface area (Å²) in [4.78, 5) is 3.33. The molecule has 2 aromatic carbocycles. The number of halogens is 3. The standard InChI is InChI=1S/C20H20BrClFN3O2S2/c1-2-13(9-14-5-3-4-6-15(14)21)12-25-18-11-17(23)19(10-16(18)22)30(27,28)26-20-24-7-8-29-20/h3-8,10-11,13,25H,2,9,12H2,1H3,(H,24,26)/t13-/m0/s1. The number of benzene rings is 2. The fraction of sp³-hybridized carbons (Fsp3) is 0.250. The Hall–Kier alpha value is -1.68. The molecule has 0 aliphatic carbocycles. The maximum atomic E-state index is 14.6. The van der Waals surface area contributed by atoms with Crippen LogP contribution in [0.25, 0.3) is 0 Å². The molecule has 30 heavy (non-hydrogen) atoms. The van der Waals surface area contributed by atoms with Crippen molar-refractivity contribution >= 4 is 59.7 Å². The van der Waals surface area contributed by atoms with Crippen molar-refractivity contribution in [2.24, 2.45) is 5.92 Å². The Morgan fingerprint density at radius 3 is 2.73 bits per heavy atom. The van der Waals surface area contributed by atoms with Crippen molar-refractivity contribution in [2.45, 2.75) is 24.7 Å². The lowest BCUT2D eigenvalue weighted by molar-refractivity contribution is 0.532. The van der Waals surface area contributed by atoms with Gasteiger partial charge in [0.2, 0.25) is 0 Å². The molecular weight excluding hydrogens is 513 g/mol. The molecular formula is C20H20BrClFN3O2S2. The van der Waals surface area contributed by atoms with Gasteiger partial charge in [0.05, 0.1) is 10.7 Å². The SMILES string of the molecule is CC[C@H](CNc1cc(F)c(S(=O)(=O)Nc2nccs2)cc1Cl)Cc1ccccc1Br. The molecule has 1 heterocycles. The van der Waals surface area contributed by atoms with Gasteiger partial charge in [0.15, 0.2) is 5.13 Å². The molecule has 160 valence electrons. The molecule has 3 rings (SSSR count). The number of thiazole rings is 1. The zero-order chi connectivity index (χ0) is 21.7. The normalized spacial score (nSPS) is 12.5. The summed E-state index contributed by atoms with van der Waals surface area (Å²) in [6.45, 7) is 2.66. The van der Waals surface area contributed by atoms with Crippen LogP contribution in [0.5, 0.6) is 0 Å². The summed E-state index contributed by atoms with van der Waals surface area (Å²) in [6.07, 6.45) is 3.21. The highest BCUT2D eigenvalue weighted by molar-refractivity contribution is 9.10. The summed E-state index contributed by atoms with van der Waals surface area (Å²) >= 11 is 10.9. The van der Waals surface area contributed by atoms with E-state index in [2.05, 4.69) is 43.9 Å². The molecule has 0 radical (unpaired) electrons. The number of nitrogens with one attached hydrogen (secondary N) is 2. The molecule has 3 aromatic rings.